The topological polar surface area (TPSA) is 57.4 Å². The number of aromatic nitrogens is 4. The molecule has 2 aromatic carbocycles. The fourth-order valence-corrected chi connectivity index (χ4v) is 5.50. The highest BCUT2D eigenvalue weighted by Gasteiger charge is 2.19. The van der Waals surface area contributed by atoms with Crippen LogP contribution in [-0.4, -0.2) is 19.9 Å². The van der Waals surface area contributed by atoms with E-state index in [1.54, 1.807) is 11.3 Å². The Balaban J connectivity index is 1.52. The molecule has 0 radical (unpaired) electrons. The quantitative estimate of drug-likeness (QED) is 0.315. The second-order valence-corrected chi connectivity index (χ2v) is 8.58. The molecular weight excluding hydrogens is 400 g/mol. The summed E-state index contributed by atoms with van der Waals surface area (Å²) in [5.74, 6) is 0. The average molecular weight is 417 g/mol. The highest BCUT2D eigenvalue weighted by Crippen LogP contribution is 2.42. The van der Waals surface area contributed by atoms with Gasteiger partial charge in [0.05, 0.1) is 21.6 Å². The van der Waals surface area contributed by atoms with E-state index in [-0.39, 0.29) is 0 Å². The van der Waals surface area contributed by atoms with Gasteiger partial charge in [0.2, 0.25) is 0 Å². The minimum atomic E-state index is 0.958. The first kappa shape index (κ1) is 16.8. The minimum Gasteiger partial charge on any atom is -0.353 e. The van der Waals surface area contributed by atoms with E-state index in [1.807, 2.05) is 12.4 Å². The molecule has 2 N–H and O–H groups in total. The van der Waals surface area contributed by atoms with Crippen molar-refractivity contribution < 1.29 is 0 Å². The predicted octanol–water partition coefficient (Wildman–Crippen LogP) is 7.14. The Morgan fingerprint density at radius 1 is 0.581 bits per heavy atom. The first-order valence-corrected chi connectivity index (χ1v) is 11.1. The maximum atomic E-state index is 4.79. The van der Waals surface area contributed by atoms with Gasteiger partial charge >= 0.3 is 0 Å². The average Bonchev–Trinajstić information content (AvgIpc) is 3.53. The highest BCUT2D eigenvalue weighted by atomic mass is 32.1. The lowest BCUT2D eigenvalue weighted by Crippen LogP contribution is -1.88. The Kier molecular flexibility index (Phi) is 3.40. The van der Waals surface area contributed by atoms with Gasteiger partial charge in [0.25, 0.3) is 0 Å². The van der Waals surface area contributed by atoms with E-state index >= 15 is 0 Å². The zero-order valence-electron chi connectivity index (χ0n) is 16.4. The first-order valence-electron chi connectivity index (χ1n) is 10.2. The number of thiophene rings is 1. The molecule has 0 aliphatic carbocycles. The molecule has 0 saturated carbocycles. The molecule has 0 unspecified atom stereocenters. The molecule has 7 rings (SSSR count). The van der Waals surface area contributed by atoms with E-state index in [4.69, 9.17) is 9.97 Å². The first-order chi connectivity index (χ1) is 15.4. The molecule has 5 heteroatoms. The van der Waals surface area contributed by atoms with Crippen molar-refractivity contribution in [1.29, 1.82) is 0 Å². The summed E-state index contributed by atoms with van der Waals surface area (Å²) in [6.45, 7) is 0. The number of aromatic amines is 2. The summed E-state index contributed by atoms with van der Waals surface area (Å²) in [5, 5.41) is 6.94. The fourth-order valence-electron chi connectivity index (χ4n) is 4.60. The van der Waals surface area contributed by atoms with Crippen molar-refractivity contribution in [3.8, 4) is 21.8 Å². The molecule has 0 atom stereocenters. The fraction of sp³-hybridized carbons (Fsp3) is 0. The lowest BCUT2D eigenvalue weighted by Gasteiger charge is -2.06. The van der Waals surface area contributed by atoms with Crippen LogP contribution in [0.5, 0.6) is 0 Å². The summed E-state index contributed by atoms with van der Waals surface area (Å²) < 4.78 is 0. The van der Waals surface area contributed by atoms with Crippen molar-refractivity contribution in [2.45, 2.75) is 0 Å². The summed E-state index contributed by atoms with van der Waals surface area (Å²) in [4.78, 5) is 17.9. The number of rotatable bonds is 2. The van der Waals surface area contributed by atoms with E-state index in [2.05, 4.69) is 82.1 Å². The van der Waals surface area contributed by atoms with Crippen molar-refractivity contribution in [2.24, 2.45) is 0 Å². The lowest BCUT2D eigenvalue weighted by atomic mass is 10.1. The van der Waals surface area contributed by atoms with Gasteiger partial charge in [0.15, 0.2) is 0 Å². The molecule has 7 aromatic rings. The molecule has 0 aliphatic rings. The smallest absolute Gasteiger partial charge is 0.105 e. The van der Waals surface area contributed by atoms with Crippen molar-refractivity contribution in [3.63, 3.8) is 0 Å². The van der Waals surface area contributed by atoms with Crippen LogP contribution in [0.15, 0.2) is 84.5 Å². The van der Waals surface area contributed by atoms with Gasteiger partial charge in [-0.15, -0.1) is 11.3 Å². The van der Waals surface area contributed by atoms with Crippen LogP contribution >= 0.6 is 11.3 Å². The highest BCUT2D eigenvalue weighted by molar-refractivity contribution is 7.14. The van der Waals surface area contributed by atoms with Crippen LogP contribution in [0.25, 0.3) is 65.4 Å². The van der Waals surface area contributed by atoms with Crippen LogP contribution in [-0.2, 0) is 0 Å². The number of nitrogens with zero attached hydrogens (tertiary/aromatic N) is 2. The zero-order chi connectivity index (χ0) is 20.4. The van der Waals surface area contributed by atoms with E-state index in [0.717, 1.165) is 43.9 Å². The molecule has 31 heavy (non-hydrogen) atoms. The molecule has 0 aliphatic heterocycles. The van der Waals surface area contributed by atoms with Crippen molar-refractivity contribution in [1.82, 2.24) is 19.9 Å². The van der Waals surface area contributed by atoms with Gasteiger partial charge in [0, 0.05) is 50.5 Å². The summed E-state index contributed by atoms with van der Waals surface area (Å²) in [7, 11) is 0. The third-order valence-corrected chi connectivity index (χ3v) is 6.91. The maximum Gasteiger partial charge on any atom is 0.105 e. The summed E-state index contributed by atoms with van der Waals surface area (Å²) in [6.07, 6.45) is 3.80. The van der Waals surface area contributed by atoms with Crippen molar-refractivity contribution in [3.05, 3.63) is 84.5 Å². The summed E-state index contributed by atoms with van der Waals surface area (Å²) in [6, 6.07) is 23.1. The zero-order valence-corrected chi connectivity index (χ0v) is 17.2. The molecule has 0 saturated heterocycles. The van der Waals surface area contributed by atoms with Crippen LogP contribution in [0, 0.1) is 0 Å². The standard InChI is InChI=1S/C26H16N4S/c1-3-7-20-15(5-1)17-9-12-27-22(23(17)29-20)19-11-14-31-26(19)25-24-18(10-13-28-25)16-6-2-4-8-21(16)30-24/h1-14,29-30H. The van der Waals surface area contributed by atoms with Gasteiger partial charge in [-0.05, 0) is 35.7 Å². The second-order valence-electron chi connectivity index (χ2n) is 7.67. The van der Waals surface area contributed by atoms with E-state index in [0.29, 0.717) is 0 Å². The molecule has 5 heterocycles. The number of nitrogens with one attached hydrogen (secondary N) is 2. The van der Waals surface area contributed by atoms with Gasteiger partial charge in [-0.25, -0.2) is 0 Å². The van der Waals surface area contributed by atoms with Crippen LogP contribution < -0.4 is 0 Å². The predicted molar refractivity (Wildman–Crippen MR) is 130 cm³/mol. The lowest BCUT2D eigenvalue weighted by molar-refractivity contribution is 1.33. The van der Waals surface area contributed by atoms with Crippen LogP contribution in [0.4, 0.5) is 0 Å². The van der Waals surface area contributed by atoms with E-state index in [9.17, 15) is 0 Å². The van der Waals surface area contributed by atoms with Crippen molar-refractivity contribution >= 4 is 54.9 Å². The van der Waals surface area contributed by atoms with Gasteiger partial charge in [-0.3, -0.25) is 9.97 Å². The Bertz CT molecular complexity index is 1620. The third kappa shape index (κ3) is 2.35. The number of pyridine rings is 2. The second kappa shape index (κ2) is 6.27. The summed E-state index contributed by atoms with van der Waals surface area (Å²) >= 11 is 1.70. The number of para-hydroxylation sites is 2. The Hall–Kier alpha value is -3.96. The molecule has 146 valence electrons. The number of hydrogen-bond donors (Lipinski definition) is 2. The molecule has 5 aromatic heterocycles. The third-order valence-electron chi connectivity index (χ3n) is 5.99. The SMILES string of the molecule is c1ccc2c(c1)[nH]c1c(-c3ccsc3-c3nccc4c3[nH]c3ccccc34)nccc12. The molecular formula is C26H16N4S. The maximum absolute atomic E-state index is 4.79. The molecule has 0 spiro atoms. The van der Waals surface area contributed by atoms with Gasteiger partial charge in [0.1, 0.15) is 5.69 Å². The minimum absolute atomic E-state index is 0.958. The Labute approximate surface area is 181 Å². The number of fused-ring (bicyclic) bond motifs is 6. The van der Waals surface area contributed by atoms with Crippen LogP contribution in [0.1, 0.15) is 0 Å². The number of H-pyrrole nitrogens is 2. The van der Waals surface area contributed by atoms with Gasteiger partial charge < -0.3 is 9.97 Å². The largest absolute Gasteiger partial charge is 0.353 e. The van der Waals surface area contributed by atoms with Gasteiger partial charge in [-0.2, -0.15) is 0 Å². The van der Waals surface area contributed by atoms with Crippen LogP contribution in [0.3, 0.4) is 0 Å². The van der Waals surface area contributed by atoms with E-state index < -0.39 is 0 Å². The van der Waals surface area contributed by atoms with E-state index in [1.165, 1.54) is 21.5 Å². The monoisotopic (exact) mass is 416 g/mol. The van der Waals surface area contributed by atoms with Crippen molar-refractivity contribution in [2.75, 3.05) is 0 Å². The number of benzene rings is 2. The van der Waals surface area contributed by atoms with Crippen LogP contribution in [0.2, 0.25) is 0 Å². The number of hydrogen-bond acceptors (Lipinski definition) is 3. The molecule has 0 amide bonds. The molecule has 0 fully saturated rings. The Morgan fingerprint density at radius 3 is 1.84 bits per heavy atom. The molecule has 0 bridgehead atoms. The molecule has 4 nitrogen and oxygen atoms in total. The van der Waals surface area contributed by atoms with Gasteiger partial charge in [-0.1, -0.05) is 36.4 Å². The summed E-state index contributed by atoms with van der Waals surface area (Å²) in [5.41, 5.74) is 7.40. The normalized spacial score (nSPS) is 11.9. The Morgan fingerprint density at radius 2 is 1.16 bits per heavy atom.